The summed E-state index contributed by atoms with van der Waals surface area (Å²) < 4.78 is 23.2. The van der Waals surface area contributed by atoms with E-state index in [1.165, 1.54) is 0 Å². The van der Waals surface area contributed by atoms with Gasteiger partial charge in [-0.1, -0.05) is 12.2 Å². The maximum Gasteiger partial charge on any atom is 0.307 e. The van der Waals surface area contributed by atoms with E-state index < -0.39 is 33.2 Å². The maximum absolute atomic E-state index is 12.5. The number of aliphatic carboxylic acids is 1. The lowest BCUT2D eigenvalue weighted by Crippen LogP contribution is -2.51. The van der Waals surface area contributed by atoms with Crippen LogP contribution in [0.4, 0.5) is 0 Å². The molecule has 5 atom stereocenters. The molecule has 3 aliphatic rings. The molecule has 3 rings (SSSR count). The number of carbonyl (C=O) groups excluding carboxylic acids is 1. The van der Waals surface area contributed by atoms with Crippen molar-refractivity contribution in [2.75, 3.05) is 11.5 Å². The van der Waals surface area contributed by atoms with E-state index in [-0.39, 0.29) is 29.2 Å². The van der Waals surface area contributed by atoms with Gasteiger partial charge in [0.15, 0.2) is 9.84 Å². The van der Waals surface area contributed by atoms with Crippen LogP contribution in [0, 0.1) is 23.7 Å². The number of amides is 1. The van der Waals surface area contributed by atoms with E-state index in [1.807, 2.05) is 12.2 Å². The molecule has 2 fully saturated rings. The summed E-state index contributed by atoms with van der Waals surface area (Å²) in [6.45, 7) is 1.72. The first-order chi connectivity index (χ1) is 9.71. The van der Waals surface area contributed by atoms with E-state index in [1.54, 1.807) is 6.92 Å². The second-order valence-electron chi connectivity index (χ2n) is 6.73. The summed E-state index contributed by atoms with van der Waals surface area (Å²) in [4.78, 5) is 23.9. The Morgan fingerprint density at radius 2 is 1.86 bits per heavy atom. The molecule has 2 bridgehead atoms. The van der Waals surface area contributed by atoms with Crippen LogP contribution in [0.2, 0.25) is 0 Å². The number of carboxylic acids is 1. The molecule has 0 aromatic carbocycles. The molecule has 1 heterocycles. The van der Waals surface area contributed by atoms with Gasteiger partial charge in [0.2, 0.25) is 5.91 Å². The van der Waals surface area contributed by atoms with E-state index in [2.05, 4.69) is 5.32 Å². The van der Waals surface area contributed by atoms with Crippen molar-refractivity contribution in [2.24, 2.45) is 23.7 Å². The van der Waals surface area contributed by atoms with Crippen LogP contribution >= 0.6 is 0 Å². The molecule has 2 N–H and O–H groups in total. The van der Waals surface area contributed by atoms with Crippen molar-refractivity contribution in [1.82, 2.24) is 5.32 Å². The van der Waals surface area contributed by atoms with Gasteiger partial charge >= 0.3 is 5.97 Å². The quantitative estimate of drug-likeness (QED) is 0.725. The van der Waals surface area contributed by atoms with Gasteiger partial charge in [-0.3, -0.25) is 9.59 Å². The molecule has 0 radical (unpaired) electrons. The molecule has 6 nitrogen and oxygen atoms in total. The molecule has 7 heteroatoms. The summed E-state index contributed by atoms with van der Waals surface area (Å²) in [5.74, 6) is -2.67. The van der Waals surface area contributed by atoms with Gasteiger partial charge in [-0.05, 0) is 31.6 Å². The molecular formula is C14H19NO5S. The van der Waals surface area contributed by atoms with Crippen LogP contribution in [-0.4, -0.2) is 42.4 Å². The molecule has 1 aliphatic heterocycles. The standard InChI is InChI=1S/C14H19NO5S/c1-14(4-5-21(19,20)7-14)15-12(16)10-8-2-3-9(6-8)11(10)13(17)18/h2-3,8-11H,4-7H2,1H3,(H,15,16)(H,17,18)/t8-,9+,10+,11+,14+/m1/s1. The van der Waals surface area contributed by atoms with Crippen LogP contribution < -0.4 is 5.32 Å². The monoisotopic (exact) mass is 313 g/mol. The van der Waals surface area contributed by atoms with Gasteiger partial charge < -0.3 is 10.4 Å². The highest BCUT2D eigenvalue weighted by Gasteiger charge is 2.53. The third-order valence-electron chi connectivity index (χ3n) is 4.98. The topological polar surface area (TPSA) is 101 Å². The SMILES string of the molecule is C[C@]1(NC(=O)[C@@H]2[C@@H](C(=O)O)[C@H]3C=C[C@@H]2C3)CCS(=O)(=O)C1. The zero-order chi connectivity index (χ0) is 15.4. The predicted molar refractivity (Wildman–Crippen MR) is 75.2 cm³/mol. The van der Waals surface area contributed by atoms with E-state index >= 15 is 0 Å². The predicted octanol–water partition coefficient (Wildman–Crippen LogP) is 0.203. The van der Waals surface area contributed by atoms with Crippen molar-refractivity contribution in [3.05, 3.63) is 12.2 Å². The minimum atomic E-state index is -3.11. The van der Waals surface area contributed by atoms with E-state index in [0.717, 1.165) is 0 Å². The minimum absolute atomic E-state index is 0.0438. The third kappa shape index (κ3) is 2.47. The summed E-state index contributed by atoms with van der Waals surface area (Å²) in [6.07, 6.45) is 4.89. The number of rotatable bonds is 3. The van der Waals surface area contributed by atoms with E-state index in [0.29, 0.717) is 12.8 Å². The van der Waals surface area contributed by atoms with Crippen LogP contribution in [0.25, 0.3) is 0 Å². The first-order valence-corrected chi connectivity index (χ1v) is 8.96. The number of fused-ring (bicyclic) bond motifs is 2. The number of nitrogens with one attached hydrogen (secondary N) is 1. The normalized spacial score (nSPS) is 43.1. The summed E-state index contributed by atoms with van der Waals surface area (Å²) >= 11 is 0. The Morgan fingerprint density at radius 1 is 1.24 bits per heavy atom. The number of hydrogen-bond donors (Lipinski definition) is 2. The zero-order valence-corrected chi connectivity index (χ0v) is 12.6. The van der Waals surface area contributed by atoms with Crippen LogP contribution in [0.15, 0.2) is 12.2 Å². The number of allylic oxidation sites excluding steroid dienone is 2. The van der Waals surface area contributed by atoms with Crippen LogP contribution in [0.3, 0.4) is 0 Å². The first kappa shape index (κ1) is 14.6. The molecular weight excluding hydrogens is 294 g/mol. The van der Waals surface area contributed by atoms with Crippen LogP contribution in [0.5, 0.6) is 0 Å². The van der Waals surface area contributed by atoms with Gasteiger partial charge in [-0.15, -0.1) is 0 Å². The molecule has 21 heavy (non-hydrogen) atoms. The van der Waals surface area contributed by atoms with Crippen molar-refractivity contribution in [2.45, 2.75) is 25.3 Å². The molecule has 116 valence electrons. The third-order valence-corrected chi connectivity index (χ3v) is 6.88. The van der Waals surface area contributed by atoms with Gasteiger partial charge in [0, 0.05) is 0 Å². The number of sulfone groups is 1. The van der Waals surface area contributed by atoms with Crippen LogP contribution in [-0.2, 0) is 19.4 Å². The molecule has 1 saturated heterocycles. The molecule has 2 aliphatic carbocycles. The summed E-state index contributed by atoms with van der Waals surface area (Å²) in [5, 5.41) is 12.2. The largest absolute Gasteiger partial charge is 0.481 e. The Hall–Kier alpha value is -1.37. The fourth-order valence-electron chi connectivity index (χ4n) is 4.01. The maximum atomic E-state index is 12.5. The average Bonchev–Trinajstić information content (AvgIpc) is 3.01. The smallest absolute Gasteiger partial charge is 0.307 e. The molecule has 1 amide bonds. The van der Waals surface area contributed by atoms with E-state index in [4.69, 9.17) is 0 Å². The molecule has 1 saturated carbocycles. The van der Waals surface area contributed by atoms with Gasteiger partial charge in [0.05, 0.1) is 28.9 Å². The second-order valence-corrected chi connectivity index (χ2v) is 8.91. The zero-order valence-electron chi connectivity index (χ0n) is 11.8. The lowest BCUT2D eigenvalue weighted by atomic mass is 9.82. The minimum Gasteiger partial charge on any atom is -0.481 e. The second kappa shape index (κ2) is 4.56. The lowest BCUT2D eigenvalue weighted by Gasteiger charge is -2.30. The highest BCUT2D eigenvalue weighted by molar-refractivity contribution is 7.91. The van der Waals surface area contributed by atoms with Gasteiger partial charge in [-0.2, -0.15) is 0 Å². The molecule has 0 aromatic heterocycles. The Labute approximate surface area is 123 Å². The Bertz CT molecular complexity index is 625. The number of hydrogen-bond acceptors (Lipinski definition) is 4. The summed E-state index contributed by atoms with van der Waals surface area (Å²) in [7, 11) is -3.11. The Balaban J connectivity index is 1.77. The Morgan fingerprint density at radius 3 is 2.38 bits per heavy atom. The summed E-state index contributed by atoms with van der Waals surface area (Å²) in [6, 6.07) is 0. The number of carbonyl (C=O) groups is 2. The highest BCUT2D eigenvalue weighted by atomic mass is 32.2. The van der Waals surface area contributed by atoms with Crippen molar-refractivity contribution in [3.8, 4) is 0 Å². The van der Waals surface area contributed by atoms with Crippen molar-refractivity contribution < 1.29 is 23.1 Å². The number of carboxylic acid groups (broad SMARTS) is 1. The fourth-order valence-corrected chi connectivity index (χ4v) is 6.10. The average molecular weight is 313 g/mol. The molecule has 0 unspecified atom stereocenters. The van der Waals surface area contributed by atoms with Crippen LogP contribution in [0.1, 0.15) is 19.8 Å². The van der Waals surface area contributed by atoms with Gasteiger partial charge in [-0.25, -0.2) is 8.42 Å². The molecule has 0 aromatic rings. The fraction of sp³-hybridized carbons (Fsp3) is 0.714. The van der Waals surface area contributed by atoms with Crippen molar-refractivity contribution in [3.63, 3.8) is 0 Å². The summed E-state index contributed by atoms with van der Waals surface area (Å²) in [5.41, 5.74) is -0.773. The molecule has 0 spiro atoms. The van der Waals surface area contributed by atoms with Crippen molar-refractivity contribution in [1.29, 1.82) is 0 Å². The van der Waals surface area contributed by atoms with Gasteiger partial charge in [0.25, 0.3) is 0 Å². The Kier molecular flexibility index (Phi) is 3.16. The van der Waals surface area contributed by atoms with E-state index in [9.17, 15) is 23.1 Å². The highest BCUT2D eigenvalue weighted by Crippen LogP contribution is 2.48. The van der Waals surface area contributed by atoms with Crippen molar-refractivity contribution >= 4 is 21.7 Å². The lowest BCUT2D eigenvalue weighted by molar-refractivity contribution is -0.148. The first-order valence-electron chi connectivity index (χ1n) is 7.14. The van der Waals surface area contributed by atoms with Gasteiger partial charge in [0.1, 0.15) is 0 Å².